The summed E-state index contributed by atoms with van der Waals surface area (Å²) >= 11 is 0. The van der Waals surface area contributed by atoms with E-state index in [1.807, 2.05) is 12.3 Å². The van der Waals surface area contributed by atoms with Gasteiger partial charge in [-0.15, -0.1) is 0 Å². The number of nitrogens with zero attached hydrogens (tertiary/aromatic N) is 3. The van der Waals surface area contributed by atoms with E-state index in [4.69, 9.17) is 0 Å². The lowest BCUT2D eigenvalue weighted by atomic mass is 10.1. The molecule has 3 rings (SSSR count). The van der Waals surface area contributed by atoms with Crippen molar-refractivity contribution < 1.29 is 0 Å². The summed E-state index contributed by atoms with van der Waals surface area (Å²) in [7, 11) is 0. The van der Waals surface area contributed by atoms with Crippen molar-refractivity contribution >= 4 is 5.82 Å². The normalized spacial score (nSPS) is 18.5. The summed E-state index contributed by atoms with van der Waals surface area (Å²) in [5.74, 6) is 1.67. The van der Waals surface area contributed by atoms with Gasteiger partial charge in [0, 0.05) is 36.7 Å². The van der Waals surface area contributed by atoms with Crippen LogP contribution in [-0.2, 0) is 0 Å². The van der Waals surface area contributed by atoms with Gasteiger partial charge in [-0.05, 0) is 37.6 Å². The lowest BCUT2D eigenvalue weighted by Crippen LogP contribution is -2.23. The average Bonchev–Trinajstić information content (AvgIpc) is 2.95. The van der Waals surface area contributed by atoms with Gasteiger partial charge in [-0.3, -0.25) is 0 Å². The predicted octanol–water partition coefficient (Wildman–Crippen LogP) is 1.62. The maximum Gasteiger partial charge on any atom is 0.160 e. The first kappa shape index (κ1) is 12.0. The van der Waals surface area contributed by atoms with Crippen molar-refractivity contribution in [3.63, 3.8) is 0 Å². The Morgan fingerprint density at radius 3 is 2.79 bits per heavy atom. The zero-order chi connectivity index (χ0) is 13.1. The lowest BCUT2D eigenvalue weighted by molar-refractivity contribution is 0.786. The summed E-state index contributed by atoms with van der Waals surface area (Å²) in [4.78, 5) is 13.0. The molecule has 0 radical (unpaired) electrons. The van der Waals surface area contributed by atoms with Gasteiger partial charge in [-0.2, -0.15) is 0 Å². The summed E-state index contributed by atoms with van der Waals surface area (Å²) in [6.07, 6.45) is 6.46. The Balaban J connectivity index is 1.81. The fraction of sp³-hybridized carbons (Fsp3) is 0.357. The number of pyridine rings is 1. The van der Waals surface area contributed by atoms with Crippen molar-refractivity contribution in [1.82, 2.24) is 20.3 Å². The monoisotopic (exact) mass is 255 g/mol. The number of aromatic nitrogens is 3. The highest BCUT2D eigenvalue weighted by Crippen LogP contribution is 2.20. The van der Waals surface area contributed by atoms with Gasteiger partial charge in [-0.1, -0.05) is 0 Å². The number of anilines is 1. The Kier molecular flexibility index (Phi) is 3.37. The highest BCUT2D eigenvalue weighted by molar-refractivity contribution is 5.59. The first-order valence-electron chi connectivity index (χ1n) is 6.54. The molecule has 19 heavy (non-hydrogen) atoms. The van der Waals surface area contributed by atoms with Gasteiger partial charge in [0.05, 0.1) is 0 Å². The van der Waals surface area contributed by atoms with Crippen LogP contribution in [0.3, 0.4) is 0 Å². The van der Waals surface area contributed by atoms with Crippen molar-refractivity contribution in [3.8, 4) is 11.4 Å². The van der Waals surface area contributed by atoms with Gasteiger partial charge in [0.2, 0.25) is 0 Å². The van der Waals surface area contributed by atoms with Crippen molar-refractivity contribution in [3.05, 3.63) is 36.3 Å². The van der Waals surface area contributed by atoms with E-state index in [-0.39, 0.29) is 0 Å². The summed E-state index contributed by atoms with van der Waals surface area (Å²) in [5.41, 5.74) is 2.07. The van der Waals surface area contributed by atoms with Crippen molar-refractivity contribution in [1.29, 1.82) is 0 Å². The molecule has 0 aliphatic carbocycles. The van der Waals surface area contributed by atoms with Crippen LogP contribution in [0.25, 0.3) is 11.4 Å². The molecule has 3 heterocycles. The second-order valence-electron chi connectivity index (χ2n) is 4.80. The minimum atomic E-state index is 0.477. The van der Waals surface area contributed by atoms with E-state index < -0.39 is 0 Å². The Hall–Kier alpha value is -2.01. The number of hydrogen-bond donors (Lipinski definition) is 2. The van der Waals surface area contributed by atoms with E-state index in [0.29, 0.717) is 11.9 Å². The zero-order valence-electron chi connectivity index (χ0n) is 10.9. The third kappa shape index (κ3) is 2.71. The molecule has 0 unspecified atom stereocenters. The highest BCUT2D eigenvalue weighted by atomic mass is 15.1. The standard InChI is InChI=1S/C14H17N5/c1-10-7-11(14-16-4-2-5-17-14)8-18-13(10)19-12-3-6-15-9-12/h2,4-5,7-8,12,15H,3,6,9H2,1H3,(H,18,19)/t12-/m0/s1. The second kappa shape index (κ2) is 5.32. The molecular formula is C14H17N5. The van der Waals surface area contributed by atoms with E-state index in [1.54, 1.807) is 12.4 Å². The molecule has 0 aromatic carbocycles. The van der Waals surface area contributed by atoms with Crippen molar-refractivity contribution in [2.24, 2.45) is 0 Å². The second-order valence-corrected chi connectivity index (χ2v) is 4.80. The van der Waals surface area contributed by atoms with Crippen LogP contribution in [0.5, 0.6) is 0 Å². The van der Waals surface area contributed by atoms with E-state index in [0.717, 1.165) is 36.5 Å². The Bertz CT molecular complexity index is 549. The Morgan fingerprint density at radius 1 is 1.26 bits per heavy atom. The molecule has 2 aromatic heterocycles. The first-order valence-corrected chi connectivity index (χ1v) is 6.54. The summed E-state index contributed by atoms with van der Waals surface area (Å²) in [5, 5.41) is 6.81. The molecule has 2 aromatic rings. The van der Waals surface area contributed by atoms with Crippen LogP contribution < -0.4 is 10.6 Å². The van der Waals surface area contributed by atoms with E-state index in [2.05, 4.69) is 38.6 Å². The summed E-state index contributed by atoms with van der Waals surface area (Å²) < 4.78 is 0. The number of hydrogen-bond acceptors (Lipinski definition) is 5. The third-order valence-electron chi connectivity index (χ3n) is 3.30. The molecule has 1 aliphatic heterocycles. The van der Waals surface area contributed by atoms with Crippen LogP contribution in [0.2, 0.25) is 0 Å². The number of nitrogens with one attached hydrogen (secondary N) is 2. The number of aryl methyl sites for hydroxylation is 1. The Labute approximate surface area is 112 Å². The van der Waals surface area contributed by atoms with Crippen molar-refractivity contribution in [2.45, 2.75) is 19.4 Å². The third-order valence-corrected chi connectivity index (χ3v) is 3.30. The molecule has 1 fully saturated rings. The molecule has 2 N–H and O–H groups in total. The SMILES string of the molecule is Cc1cc(-c2ncccn2)cnc1N[C@H]1CCNC1. The van der Waals surface area contributed by atoms with Crippen LogP contribution in [-0.4, -0.2) is 34.1 Å². The minimum absolute atomic E-state index is 0.477. The topological polar surface area (TPSA) is 62.7 Å². The quantitative estimate of drug-likeness (QED) is 0.872. The molecule has 0 amide bonds. The summed E-state index contributed by atoms with van der Waals surface area (Å²) in [6, 6.07) is 4.37. The molecule has 0 saturated carbocycles. The van der Waals surface area contributed by atoms with E-state index in [9.17, 15) is 0 Å². The molecule has 98 valence electrons. The lowest BCUT2D eigenvalue weighted by Gasteiger charge is -2.14. The molecule has 0 bridgehead atoms. The fourth-order valence-corrected chi connectivity index (χ4v) is 2.27. The molecule has 1 aliphatic rings. The van der Waals surface area contributed by atoms with Gasteiger partial charge in [-0.25, -0.2) is 15.0 Å². The van der Waals surface area contributed by atoms with Gasteiger partial charge in [0.25, 0.3) is 0 Å². The maximum absolute atomic E-state index is 4.50. The van der Waals surface area contributed by atoms with Crippen molar-refractivity contribution in [2.75, 3.05) is 18.4 Å². The van der Waals surface area contributed by atoms with E-state index >= 15 is 0 Å². The Morgan fingerprint density at radius 2 is 2.11 bits per heavy atom. The molecule has 5 heteroatoms. The minimum Gasteiger partial charge on any atom is -0.366 e. The van der Waals surface area contributed by atoms with Gasteiger partial charge >= 0.3 is 0 Å². The largest absolute Gasteiger partial charge is 0.366 e. The van der Waals surface area contributed by atoms with E-state index in [1.165, 1.54) is 0 Å². The van der Waals surface area contributed by atoms with Crippen LogP contribution >= 0.6 is 0 Å². The maximum atomic E-state index is 4.50. The van der Waals surface area contributed by atoms with Crippen LogP contribution in [0.4, 0.5) is 5.82 Å². The smallest absolute Gasteiger partial charge is 0.160 e. The predicted molar refractivity (Wildman–Crippen MR) is 74.9 cm³/mol. The average molecular weight is 255 g/mol. The summed E-state index contributed by atoms with van der Waals surface area (Å²) in [6.45, 7) is 4.14. The van der Waals surface area contributed by atoms with Gasteiger partial charge < -0.3 is 10.6 Å². The van der Waals surface area contributed by atoms with Crippen LogP contribution in [0.1, 0.15) is 12.0 Å². The molecule has 1 atom stereocenters. The van der Waals surface area contributed by atoms with Crippen LogP contribution in [0.15, 0.2) is 30.7 Å². The van der Waals surface area contributed by atoms with Gasteiger partial charge in [0.15, 0.2) is 5.82 Å². The molecule has 0 spiro atoms. The fourth-order valence-electron chi connectivity index (χ4n) is 2.27. The zero-order valence-corrected chi connectivity index (χ0v) is 10.9. The number of rotatable bonds is 3. The molecular weight excluding hydrogens is 238 g/mol. The van der Waals surface area contributed by atoms with Crippen LogP contribution in [0, 0.1) is 6.92 Å². The highest BCUT2D eigenvalue weighted by Gasteiger charge is 2.15. The molecule has 5 nitrogen and oxygen atoms in total. The first-order chi connectivity index (χ1) is 9.33. The molecule has 1 saturated heterocycles. The van der Waals surface area contributed by atoms with Gasteiger partial charge in [0.1, 0.15) is 5.82 Å².